The Kier molecular flexibility index (Phi) is 3.61. The Morgan fingerprint density at radius 2 is 1.95 bits per heavy atom. The van der Waals surface area contributed by atoms with Crippen LogP contribution in [0.15, 0.2) is 41.8 Å². The van der Waals surface area contributed by atoms with E-state index in [1.54, 1.807) is 37.5 Å². The van der Waals surface area contributed by atoms with E-state index in [4.69, 9.17) is 11.6 Å². The number of aromatic nitrogens is 2. The second kappa shape index (κ2) is 5.21. The normalized spacial score (nSPS) is 16.5. The lowest BCUT2D eigenvalue weighted by Crippen LogP contribution is -2.29. The van der Waals surface area contributed by atoms with Gasteiger partial charge in [-0.1, -0.05) is 23.7 Å². The average Bonchev–Trinajstić information content (AvgIpc) is 3.15. The Labute approximate surface area is 133 Å². The van der Waals surface area contributed by atoms with Gasteiger partial charge in [0.1, 0.15) is 5.75 Å². The van der Waals surface area contributed by atoms with Crippen molar-refractivity contribution in [3.8, 4) is 0 Å². The fourth-order valence-electron chi connectivity index (χ4n) is 2.65. The molecule has 7 heteroatoms. The predicted octanol–water partition coefficient (Wildman–Crippen LogP) is 2.15. The molecular weight excluding hydrogens is 324 g/mol. The van der Waals surface area contributed by atoms with Gasteiger partial charge in [0, 0.05) is 24.5 Å². The van der Waals surface area contributed by atoms with Crippen molar-refractivity contribution in [2.75, 3.05) is 5.75 Å². The van der Waals surface area contributed by atoms with Crippen LogP contribution in [0.1, 0.15) is 18.4 Å². The van der Waals surface area contributed by atoms with Crippen molar-refractivity contribution in [2.24, 2.45) is 7.05 Å². The van der Waals surface area contributed by atoms with Crippen LogP contribution in [0.4, 0.5) is 0 Å². The Morgan fingerprint density at radius 1 is 1.32 bits per heavy atom. The molecule has 0 aliphatic heterocycles. The standard InChI is InChI=1S/C15H15ClN2O3S/c1-18-9-8-17-14(18)22(20,21)10-13(19)15(6-7-15)11-2-4-12(16)5-3-11/h2-5,8-9H,6-7,10H2,1H3. The van der Waals surface area contributed by atoms with Crippen molar-refractivity contribution < 1.29 is 13.2 Å². The van der Waals surface area contributed by atoms with Crippen LogP contribution < -0.4 is 0 Å². The first-order chi connectivity index (χ1) is 10.3. The highest BCUT2D eigenvalue weighted by Gasteiger charge is 2.51. The first kappa shape index (κ1) is 15.2. The highest BCUT2D eigenvalue weighted by atomic mass is 35.5. The van der Waals surface area contributed by atoms with Gasteiger partial charge in [-0.15, -0.1) is 0 Å². The zero-order valence-corrected chi connectivity index (χ0v) is 13.6. The average molecular weight is 339 g/mol. The van der Waals surface area contributed by atoms with Gasteiger partial charge in [-0.05, 0) is 30.5 Å². The number of benzene rings is 1. The van der Waals surface area contributed by atoms with Crippen LogP contribution in [0.3, 0.4) is 0 Å². The fraction of sp³-hybridized carbons (Fsp3) is 0.333. The first-order valence-corrected chi connectivity index (χ1v) is 8.88. The van der Waals surface area contributed by atoms with Gasteiger partial charge in [-0.25, -0.2) is 13.4 Å². The van der Waals surface area contributed by atoms with E-state index >= 15 is 0 Å². The maximum atomic E-state index is 12.6. The molecule has 1 heterocycles. The molecule has 0 atom stereocenters. The van der Waals surface area contributed by atoms with Crippen LogP contribution >= 0.6 is 11.6 Å². The maximum Gasteiger partial charge on any atom is 0.227 e. The molecule has 1 aromatic carbocycles. The molecule has 0 amide bonds. The van der Waals surface area contributed by atoms with Gasteiger partial charge in [0.2, 0.25) is 15.0 Å². The number of rotatable bonds is 5. The van der Waals surface area contributed by atoms with Gasteiger partial charge in [0.15, 0.2) is 5.78 Å². The van der Waals surface area contributed by atoms with E-state index in [0.29, 0.717) is 17.9 Å². The third-order valence-electron chi connectivity index (χ3n) is 4.06. The number of imidazole rings is 1. The van der Waals surface area contributed by atoms with Gasteiger partial charge in [-0.3, -0.25) is 4.79 Å². The van der Waals surface area contributed by atoms with Crippen LogP contribution in [0.5, 0.6) is 0 Å². The number of ketones is 1. The lowest BCUT2D eigenvalue weighted by Gasteiger charge is -2.14. The Morgan fingerprint density at radius 3 is 2.45 bits per heavy atom. The van der Waals surface area contributed by atoms with Crippen LogP contribution in [0.2, 0.25) is 5.02 Å². The summed E-state index contributed by atoms with van der Waals surface area (Å²) in [5.74, 6) is -0.807. The minimum Gasteiger partial charge on any atom is -0.325 e. The summed E-state index contributed by atoms with van der Waals surface area (Å²) < 4.78 is 26.1. The number of nitrogens with zero attached hydrogens (tertiary/aromatic N) is 2. The lowest BCUT2D eigenvalue weighted by atomic mass is 9.92. The molecule has 0 radical (unpaired) electrons. The fourth-order valence-corrected chi connectivity index (χ4v) is 4.25. The van der Waals surface area contributed by atoms with Crippen molar-refractivity contribution in [3.63, 3.8) is 0 Å². The van der Waals surface area contributed by atoms with Crippen LogP contribution in [-0.4, -0.2) is 29.5 Å². The minimum atomic E-state index is -3.73. The molecule has 0 unspecified atom stereocenters. The van der Waals surface area contributed by atoms with Crippen molar-refractivity contribution in [2.45, 2.75) is 23.4 Å². The smallest absolute Gasteiger partial charge is 0.227 e. The third kappa shape index (κ3) is 2.57. The largest absolute Gasteiger partial charge is 0.325 e. The molecular formula is C15H15ClN2O3S. The molecule has 1 saturated carbocycles. The van der Waals surface area contributed by atoms with E-state index in [9.17, 15) is 13.2 Å². The van der Waals surface area contributed by atoms with Crippen LogP contribution in [0.25, 0.3) is 0 Å². The van der Waals surface area contributed by atoms with E-state index in [1.165, 1.54) is 10.8 Å². The first-order valence-electron chi connectivity index (χ1n) is 6.85. The molecule has 1 aromatic heterocycles. The Balaban J connectivity index is 1.86. The Hall–Kier alpha value is -1.66. The molecule has 0 spiro atoms. The molecule has 3 rings (SSSR count). The molecule has 1 aliphatic carbocycles. The van der Waals surface area contributed by atoms with E-state index in [0.717, 1.165) is 5.56 Å². The molecule has 0 N–H and O–H groups in total. The Bertz CT molecular complexity index is 821. The molecule has 1 fully saturated rings. The molecule has 116 valence electrons. The predicted molar refractivity (Wildman–Crippen MR) is 82.6 cm³/mol. The topological polar surface area (TPSA) is 69.0 Å². The summed E-state index contributed by atoms with van der Waals surface area (Å²) in [4.78, 5) is 16.4. The zero-order chi connectivity index (χ0) is 16.0. The number of Topliss-reactive ketones (excluding diaryl/α,β-unsaturated/α-hetero) is 1. The second-order valence-electron chi connectivity index (χ2n) is 5.59. The zero-order valence-electron chi connectivity index (χ0n) is 12.0. The van der Waals surface area contributed by atoms with Crippen molar-refractivity contribution >= 4 is 27.2 Å². The number of carbonyl (C=O) groups is 1. The molecule has 22 heavy (non-hydrogen) atoms. The van der Waals surface area contributed by atoms with Gasteiger partial charge in [0.05, 0.1) is 5.41 Å². The number of hydrogen-bond acceptors (Lipinski definition) is 4. The van der Waals surface area contributed by atoms with Crippen LogP contribution in [0, 0.1) is 0 Å². The van der Waals surface area contributed by atoms with Gasteiger partial charge >= 0.3 is 0 Å². The van der Waals surface area contributed by atoms with Crippen molar-refractivity contribution in [1.29, 1.82) is 0 Å². The summed E-state index contributed by atoms with van der Waals surface area (Å²) in [6.45, 7) is 0. The maximum absolute atomic E-state index is 12.6. The van der Waals surface area contributed by atoms with E-state index in [2.05, 4.69) is 4.98 Å². The van der Waals surface area contributed by atoms with E-state index < -0.39 is 21.0 Å². The molecule has 1 aliphatic rings. The van der Waals surface area contributed by atoms with Gasteiger partial charge < -0.3 is 4.57 Å². The SMILES string of the molecule is Cn1ccnc1S(=O)(=O)CC(=O)C1(c2ccc(Cl)cc2)CC1. The summed E-state index contributed by atoms with van der Waals surface area (Å²) in [5.41, 5.74) is 0.153. The number of halogens is 1. The summed E-state index contributed by atoms with van der Waals surface area (Å²) in [6.07, 6.45) is 4.29. The lowest BCUT2D eigenvalue weighted by molar-refractivity contribution is -0.119. The number of aryl methyl sites for hydroxylation is 1. The van der Waals surface area contributed by atoms with E-state index in [1.807, 2.05) is 0 Å². The van der Waals surface area contributed by atoms with Crippen molar-refractivity contribution in [1.82, 2.24) is 9.55 Å². The minimum absolute atomic E-state index is 0.0762. The third-order valence-corrected chi connectivity index (χ3v) is 5.90. The van der Waals surface area contributed by atoms with E-state index in [-0.39, 0.29) is 10.9 Å². The summed E-state index contributed by atoms with van der Waals surface area (Å²) in [5, 5.41) is 0.514. The summed E-state index contributed by atoms with van der Waals surface area (Å²) >= 11 is 5.86. The molecule has 0 bridgehead atoms. The molecule has 5 nitrogen and oxygen atoms in total. The highest BCUT2D eigenvalue weighted by molar-refractivity contribution is 7.92. The van der Waals surface area contributed by atoms with Gasteiger partial charge in [-0.2, -0.15) is 0 Å². The summed E-state index contributed by atoms with van der Waals surface area (Å²) in [7, 11) is -2.14. The molecule has 0 saturated heterocycles. The molecule has 2 aromatic rings. The monoisotopic (exact) mass is 338 g/mol. The van der Waals surface area contributed by atoms with Crippen molar-refractivity contribution in [3.05, 3.63) is 47.2 Å². The number of hydrogen-bond donors (Lipinski definition) is 0. The van der Waals surface area contributed by atoms with Crippen LogP contribution in [-0.2, 0) is 27.1 Å². The number of sulfone groups is 1. The van der Waals surface area contributed by atoms with Gasteiger partial charge in [0.25, 0.3) is 0 Å². The second-order valence-corrected chi connectivity index (χ2v) is 7.91. The summed E-state index contributed by atoms with van der Waals surface area (Å²) in [6, 6.07) is 7.02. The quantitative estimate of drug-likeness (QED) is 0.837. The highest BCUT2D eigenvalue weighted by Crippen LogP contribution is 2.49. The number of carbonyl (C=O) groups excluding carboxylic acids is 1.